The standard InChI is InChI=1S/C21H23N3O4S/c1-14(2)23(4)29(27,28)17-11-9-16(10-12-17)22-20(25)13-24-15(3)18-7-5-6-8-19(18)21(24)26/h5-12,14H,3,13H2,1-2,4H3,(H,22,25). The SMILES string of the molecule is C=C1c2ccccc2C(=O)N1CC(=O)Nc1ccc(S(=O)(=O)N(C)C(C)C)cc1. The zero-order valence-corrected chi connectivity index (χ0v) is 17.4. The Morgan fingerprint density at radius 3 is 2.24 bits per heavy atom. The average molecular weight is 413 g/mol. The second kappa shape index (κ2) is 7.81. The molecule has 0 aliphatic carbocycles. The molecule has 0 fully saturated rings. The van der Waals surface area contributed by atoms with Crippen LogP contribution in [-0.4, -0.2) is 49.1 Å². The van der Waals surface area contributed by atoms with Gasteiger partial charge in [-0.1, -0.05) is 24.8 Å². The monoisotopic (exact) mass is 413 g/mol. The van der Waals surface area contributed by atoms with Crippen LogP contribution in [0.5, 0.6) is 0 Å². The predicted octanol–water partition coefficient (Wildman–Crippen LogP) is 2.78. The van der Waals surface area contributed by atoms with E-state index >= 15 is 0 Å². The Morgan fingerprint density at radius 1 is 1.10 bits per heavy atom. The minimum absolute atomic E-state index is 0.144. The lowest BCUT2D eigenvalue weighted by Gasteiger charge is -2.21. The number of sulfonamides is 1. The van der Waals surface area contributed by atoms with Crippen molar-refractivity contribution in [2.24, 2.45) is 0 Å². The summed E-state index contributed by atoms with van der Waals surface area (Å²) in [5.74, 6) is -0.666. The third-order valence-electron chi connectivity index (χ3n) is 4.88. The first-order valence-corrected chi connectivity index (χ1v) is 10.5. The summed E-state index contributed by atoms with van der Waals surface area (Å²) in [6.07, 6.45) is 0. The van der Waals surface area contributed by atoms with Crippen molar-refractivity contribution in [1.29, 1.82) is 0 Å². The number of fused-ring (bicyclic) bond motifs is 1. The van der Waals surface area contributed by atoms with Gasteiger partial charge in [0.05, 0.1) is 4.90 Å². The van der Waals surface area contributed by atoms with Gasteiger partial charge in [-0.2, -0.15) is 4.31 Å². The van der Waals surface area contributed by atoms with E-state index in [2.05, 4.69) is 11.9 Å². The maximum atomic E-state index is 12.5. The number of benzene rings is 2. The smallest absolute Gasteiger partial charge is 0.259 e. The first-order valence-electron chi connectivity index (χ1n) is 9.11. The molecule has 0 unspecified atom stereocenters. The molecule has 1 N–H and O–H groups in total. The van der Waals surface area contributed by atoms with Crippen LogP contribution in [0.15, 0.2) is 60.0 Å². The van der Waals surface area contributed by atoms with Gasteiger partial charge in [0.2, 0.25) is 15.9 Å². The number of amides is 2. The molecule has 1 aliphatic heterocycles. The molecule has 29 heavy (non-hydrogen) atoms. The summed E-state index contributed by atoms with van der Waals surface area (Å²) in [5, 5.41) is 2.68. The van der Waals surface area contributed by atoms with E-state index in [9.17, 15) is 18.0 Å². The molecule has 2 amide bonds. The second-order valence-electron chi connectivity index (χ2n) is 7.07. The zero-order valence-electron chi connectivity index (χ0n) is 16.5. The molecule has 0 saturated carbocycles. The molecule has 2 aromatic carbocycles. The van der Waals surface area contributed by atoms with Crippen molar-refractivity contribution < 1.29 is 18.0 Å². The van der Waals surface area contributed by atoms with E-state index in [0.29, 0.717) is 22.5 Å². The molecule has 0 spiro atoms. The van der Waals surface area contributed by atoms with E-state index in [4.69, 9.17) is 0 Å². The quantitative estimate of drug-likeness (QED) is 0.789. The summed E-state index contributed by atoms with van der Waals surface area (Å²) in [4.78, 5) is 26.4. The summed E-state index contributed by atoms with van der Waals surface area (Å²) in [6.45, 7) is 7.31. The van der Waals surface area contributed by atoms with Gasteiger partial charge in [-0.25, -0.2) is 8.42 Å². The highest BCUT2D eigenvalue weighted by atomic mass is 32.2. The first kappa shape index (κ1) is 20.8. The lowest BCUT2D eigenvalue weighted by atomic mass is 10.1. The largest absolute Gasteiger partial charge is 0.325 e. The maximum Gasteiger partial charge on any atom is 0.259 e. The topological polar surface area (TPSA) is 86.8 Å². The molecule has 0 radical (unpaired) electrons. The fourth-order valence-corrected chi connectivity index (χ4v) is 4.37. The van der Waals surface area contributed by atoms with Crippen molar-refractivity contribution in [3.63, 3.8) is 0 Å². The molecule has 2 aromatic rings. The highest BCUT2D eigenvalue weighted by Gasteiger charge is 2.31. The van der Waals surface area contributed by atoms with E-state index in [1.165, 1.54) is 40.5 Å². The third kappa shape index (κ3) is 3.94. The Balaban J connectivity index is 1.68. The van der Waals surface area contributed by atoms with Gasteiger partial charge < -0.3 is 5.32 Å². The van der Waals surface area contributed by atoms with Crippen molar-refractivity contribution >= 4 is 33.2 Å². The van der Waals surface area contributed by atoms with E-state index in [-0.39, 0.29) is 23.4 Å². The summed E-state index contributed by atoms with van der Waals surface area (Å²) < 4.78 is 26.3. The van der Waals surface area contributed by atoms with E-state index < -0.39 is 15.9 Å². The average Bonchev–Trinajstić information content (AvgIpc) is 2.93. The van der Waals surface area contributed by atoms with Crippen LogP contribution in [-0.2, 0) is 14.8 Å². The summed E-state index contributed by atoms with van der Waals surface area (Å²) in [7, 11) is -2.07. The number of carbonyl (C=O) groups is 2. The van der Waals surface area contributed by atoms with Gasteiger partial charge in [-0.3, -0.25) is 14.5 Å². The molecule has 0 aromatic heterocycles. The predicted molar refractivity (Wildman–Crippen MR) is 112 cm³/mol. The van der Waals surface area contributed by atoms with Crippen molar-refractivity contribution in [2.75, 3.05) is 18.9 Å². The van der Waals surface area contributed by atoms with Crippen LogP contribution in [0.2, 0.25) is 0 Å². The van der Waals surface area contributed by atoms with Crippen LogP contribution < -0.4 is 5.32 Å². The summed E-state index contributed by atoms with van der Waals surface area (Å²) >= 11 is 0. The molecule has 8 heteroatoms. The van der Waals surface area contributed by atoms with Crippen molar-refractivity contribution in [3.8, 4) is 0 Å². The van der Waals surface area contributed by atoms with Crippen LogP contribution in [0.1, 0.15) is 29.8 Å². The van der Waals surface area contributed by atoms with Crippen molar-refractivity contribution in [2.45, 2.75) is 24.8 Å². The lowest BCUT2D eigenvalue weighted by molar-refractivity contribution is -0.116. The molecule has 152 valence electrons. The molecule has 3 rings (SSSR count). The number of anilines is 1. The van der Waals surface area contributed by atoms with Crippen LogP contribution in [0, 0.1) is 0 Å². The molecule has 1 heterocycles. The number of hydrogen-bond donors (Lipinski definition) is 1. The van der Waals surface area contributed by atoms with E-state index in [0.717, 1.165) is 0 Å². The third-order valence-corrected chi connectivity index (χ3v) is 6.93. The summed E-state index contributed by atoms with van der Waals surface area (Å²) in [5.41, 5.74) is 2.16. The molecular weight excluding hydrogens is 390 g/mol. The highest BCUT2D eigenvalue weighted by molar-refractivity contribution is 7.89. The maximum absolute atomic E-state index is 12.5. The first-order chi connectivity index (χ1) is 13.6. The molecule has 1 aliphatic rings. The molecule has 0 saturated heterocycles. The Labute approximate surface area is 170 Å². The van der Waals surface area contributed by atoms with Gasteiger partial charge in [-0.15, -0.1) is 0 Å². The van der Waals surface area contributed by atoms with E-state index in [1.54, 1.807) is 32.0 Å². The van der Waals surface area contributed by atoms with Gasteiger partial charge in [0, 0.05) is 35.6 Å². The number of carbonyl (C=O) groups excluding carboxylic acids is 2. The second-order valence-corrected chi connectivity index (χ2v) is 9.07. The van der Waals surface area contributed by atoms with Gasteiger partial charge in [0.1, 0.15) is 6.54 Å². The van der Waals surface area contributed by atoms with Gasteiger partial charge in [0.25, 0.3) is 5.91 Å². The Kier molecular flexibility index (Phi) is 5.59. The lowest BCUT2D eigenvalue weighted by Crippen LogP contribution is -2.33. The molecule has 0 bridgehead atoms. The minimum Gasteiger partial charge on any atom is -0.325 e. The zero-order chi connectivity index (χ0) is 21.3. The van der Waals surface area contributed by atoms with Gasteiger partial charge >= 0.3 is 0 Å². The van der Waals surface area contributed by atoms with Crippen molar-refractivity contribution in [1.82, 2.24) is 9.21 Å². The molecule has 0 atom stereocenters. The minimum atomic E-state index is -3.59. The summed E-state index contributed by atoms with van der Waals surface area (Å²) in [6, 6.07) is 12.8. The Morgan fingerprint density at radius 2 is 1.69 bits per heavy atom. The van der Waals surface area contributed by atoms with Crippen LogP contribution in [0.25, 0.3) is 5.70 Å². The van der Waals surface area contributed by atoms with Crippen LogP contribution in [0.4, 0.5) is 5.69 Å². The van der Waals surface area contributed by atoms with Gasteiger partial charge in [-0.05, 0) is 44.2 Å². The normalized spacial score (nSPS) is 13.9. The number of rotatable bonds is 6. The molecule has 7 nitrogen and oxygen atoms in total. The van der Waals surface area contributed by atoms with Crippen LogP contribution >= 0.6 is 0 Å². The highest BCUT2D eigenvalue weighted by Crippen LogP contribution is 2.30. The fraction of sp³-hybridized carbons (Fsp3) is 0.238. The number of nitrogens with one attached hydrogen (secondary N) is 1. The Bertz CT molecular complexity index is 1040. The Hall–Kier alpha value is -2.97. The molecular formula is C21H23N3O4S. The fourth-order valence-electron chi connectivity index (χ4n) is 3.00. The number of nitrogens with zero attached hydrogens (tertiary/aromatic N) is 2. The van der Waals surface area contributed by atoms with Crippen molar-refractivity contribution in [3.05, 3.63) is 66.2 Å². The van der Waals surface area contributed by atoms with Gasteiger partial charge in [0.15, 0.2) is 0 Å². The number of hydrogen-bond acceptors (Lipinski definition) is 4. The van der Waals surface area contributed by atoms with Crippen LogP contribution in [0.3, 0.4) is 0 Å². The van der Waals surface area contributed by atoms with E-state index in [1.807, 2.05) is 6.07 Å².